The number of hydrogen-bond acceptors (Lipinski definition) is 11. The van der Waals surface area contributed by atoms with Crippen LogP contribution in [0.1, 0.15) is 40.0 Å². The van der Waals surface area contributed by atoms with Gasteiger partial charge in [-0.1, -0.05) is 13.8 Å². The average molecular weight is 570 g/mol. The largest absolute Gasteiger partial charge is 0.472 e. The van der Waals surface area contributed by atoms with Gasteiger partial charge in [0.15, 0.2) is 0 Å². The molecule has 5 N–H and O–H groups in total. The van der Waals surface area contributed by atoms with Crippen LogP contribution in [0.25, 0.3) is 0 Å². The predicted molar refractivity (Wildman–Crippen MR) is 121 cm³/mol. The minimum absolute atomic E-state index is 0.144. The maximum Gasteiger partial charge on any atom is 0.472 e. The van der Waals surface area contributed by atoms with Crippen molar-refractivity contribution in [3.05, 3.63) is 0 Å². The first kappa shape index (κ1) is 31.5. The van der Waals surface area contributed by atoms with E-state index >= 15 is 0 Å². The van der Waals surface area contributed by atoms with Gasteiger partial charge in [-0.15, -0.1) is 0 Å². The summed E-state index contributed by atoms with van der Waals surface area (Å²) in [5.74, 6) is 0. The first-order chi connectivity index (χ1) is 16.1. The second kappa shape index (κ2) is 12.9. The number of aliphatic hydroxyl groups excluding tert-OH is 1. The van der Waals surface area contributed by atoms with Crippen molar-refractivity contribution in [1.29, 1.82) is 0 Å². The Morgan fingerprint density at radius 2 is 1.51 bits per heavy atom. The second-order valence-corrected chi connectivity index (χ2v) is 12.4. The van der Waals surface area contributed by atoms with Crippen LogP contribution in [0, 0.1) is 0 Å². The quantitative estimate of drug-likeness (QED) is 0.139. The van der Waals surface area contributed by atoms with E-state index in [0.29, 0.717) is 12.8 Å². The van der Waals surface area contributed by atoms with Gasteiger partial charge in [0.25, 0.3) is 0 Å². The fourth-order valence-corrected chi connectivity index (χ4v) is 6.32. The van der Waals surface area contributed by atoms with E-state index in [1.807, 2.05) is 0 Å². The van der Waals surface area contributed by atoms with Crippen molar-refractivity contribution in [3.8, 4) is 0 Å². The fourth-order valence-electron chi connectivity index (χ4n) is 3.72. The van der Waals surface area contributed by atoms with Crippen LogP contribution in [0.3, 0.4) is 0 Å². The predicted octanol–water partition coefficient (Wildman–Crippen LogP) is 0.185. The van der Waals surface area contributed by atoms with Crippen molar-refractivity contribution < 1.29 is 70.5 Å². The smallest absolute Gasteiger partial charge is 0.388 e. The molecular formula is C16H34BO15P3. The molecule has 15 nitrogen and oxygen atoms in total. The Kier molecular flexibility index (Phi) is 11.6. The Labute approximate surface area is 204 Å². The maximum absolute atomic E-state index is 12.5. The highest BCUT2D eigenvalue weighted by Crippen LogP contribution is 2.50. The van der Waals surface area contributed by atoms with E-state index in [4.69, 9.17) is 37.4 Å². The van der Waals surface area contributed by atoms with Crippen LogP contribution in [0.15, 0.2) is 0 Å². The zero-order valence-corrected chi connectivity index (χ0v) is 22.5. The highest BCUT2D eigenvalue weighted by molar-refractivity contribution is 7.47. The van der Waals surface area contributed by atoms with Crippen LogP contribution in [0.5, 0.6) is 0 Å². The fraction of sp³-hybridized carbons (Fsp3) is 1.00. The first-order valence-electron chi connectivity index (χ1n) is 11.1. The number of phosphoric acid groups is 3. The van der Waals surface area contributed by atoms with Crippen molar-refractivity contribution >= 4 is 31.3 Å². The lowest BCUT2D eigenvalue weighted by Crippen LogP contribution is -2.36. The normalized spacial score (nSPS) is 35.3. The molecule has 35 heavy (non-hydrogen) atoms. The summed E-state index contributed by atoms with van der Waals surface area (Å²) in [7, 11) is -12.5. The van der Waals surface area contributed by atoms with Gasteiger partial charge < -0.3 is 34.2 Å². The van der Waals surface area contributed by atoms with Gasteiger partial charge in [0.05, 0.1) is 31.5 Å². The van der Waals surface area contributed by atoms with Crippen molar-refractivity contribution in [2.24, 2.45) is 0 Å². The van der Waals surface area contributed by atoms with Crippen LogP contribution in [-0.4, -0.2) is 94.5 Å². The molecular weight excluding hydrogens is 536 g/mol. The zero-order chi connectivity index (χ0) is 26.6. The molecule has 0 aliphatic carbocycles. The van der Waals surface area contributed by atoms with E-state index in [1.165, 1.54) is 6.92 Å². The third-order valence-corrected chi connectivity index (χ3v) is 8.05. The van der Waals surface area contributed by atoms with Crippen molar-refractivity contribution in [1.82, 2.24) is 0 Å². The van der Waals surface area contributed by atoms with Gasteiger partial charge in [0.1, 0.15) is 32.3 Å². The molecule has 2 saturated heterocycles. The Morgan fingerprint density at radius 3 is 2.09 bits per heavy atom. The summed E-state index contributed by atoms with van der Waals surface area (Å²) >= 11 is 0. The summed E-state index contributed by atoms with van der Waals surface area (Å²) in [6.07, 6.45) is -6.49. The molecule has 9 unspecified atom stereocenters. The number of hydrogen-bond donors (Lipinski definition) is 5. The van der Waals surface area contributed by atoms with E-state index in [0.717, 1.165) is 0 Å². The van der Waals surface area contributed by atoms with Crippen molar-refractivity contribution in [2.75, 3.05) is 13.2 Å². The molecule has 2 fully saturated rings. The molecule has 9 atom stereocenters. The molecule has 0 spiro atoms. The monoisotopic (exact) mass is 570 g/mol. The van der Waals surface area contributed by atoms with Gasteiger partial charge in [-0.25, -0.2) is 13.7 Å². The minimum Gasteiger partial charge on any atom is -0.388 e. The van der Waals surface area contributed by atoms with Gasteiger partial charge in [0.2, 0.25) is 0 Å². The summed E-state index contributed by atoms with van der Waals surface area (Å²) in [5, 5.41) is 10.0. The van der Waals surface area contributed by atoms with Gasteiger partial charge in [-0.3, -0.25) is 22.6 Å². The molecule has 2 aliphatic rings. The molecule has 0 saturated carbocycles. The number of aliphatic hydroxyl groups is 1. The molecule has 0 amide bonds. The van der Waals surface area contributed by atoms with Crippen LogP contribution < -0.4 is 0 Å². The Bertz CT molecular complexity index is 822. The third-order valence-electron chi connectivity index (χ3n) is 5.48. The van der Waals surface area contributed by atoms with E-state index < -0.39 is 85.4 Å². The summed E-state index contributed by atoms with van der Waals surface area (Å²) in [6, 6.07) is -0.429. The standard InChI is InChI=1S/C16H34BO15P3/c1-4-10(5-2)30-34(22,23)26-7-12-11(6-14(17)29-12)31-35(24,25)27-8-13-16(32-33(19,20)21)15(18)9(3)28-13/h9-16,18H,4-8,17H2,1-3H3,(H,22,23)(H,24,25)(H2,19,20,21). The van der Waals surface area contributed by atoms with E-state index in [2.05, 4.69) is 4.52 Å². The minimum atomic E-state index is -5.00. The van der Waals surface area contributed by atoms with Crippen LogP contribution in [0.2, 0.25) is 0 Å². The molecule has 2 rings (SSSR count). The molecule has 19 heteroatoms. The molecule has 0 aromatic rings. The second-order valence-electron chi connectivity index (χ2n) is 8.37. The molecule has 0 bridgehead atoms. The zero-order valence-electron chi connectivity index (χ0n) is 19.8. The number of rotatable bonds is 14. The van der Waals surface area contributed by atoms with Crippen LogP contribution >= 0.6 is 23.5 Å². The highest BCUT2D eigenvalue weighted by Gasteiger charge is 2.47. The molecule has 206 valence electrons. The summed E-state index contributed by atoms with van der Waals surface area (Å²) in [4.78, 5) is 38.2. The Balaban J connectivity index is 1.95. The lowest BCUT2D eigenvalue weighted by atomic mass is 9.96. The molecule has 0 aromatic carbocycles. The lowest BCUT2D eigenvalue weighted by molar-refractivity contribution is -0.0320. The highest BCUT2D eigenvalue weighted by atomic mass is 31.2. The first-order valence-corrected chi connectivity index (χ1v) is 15.6. The van der Waals surface area contributed by atoms with Crippen LogP contribution in [-0.2, 0) is 45.8 Å². The molecule has 0 radical (unpaired) electrons. The van der Waals surface area contributed by atoms with E-state index in [1.54, 1.807) is 21.7 Å². The van der Waals surface area contributed by atoms with Gasteiger partial charge in [-0.05, 0) is 26.2 Å². The van der Waals surface area contributed by atoms with Gasteiger partial charge in [-0.2, -0.15) is 0 Å². The molecule has 0 aromatic heterocycles. The number of phosphoric ester groups is 3. The lowest BCUT2D eigenvalue weighted by Gasteiger charge is -2.25. The summed E-state index contributed by atoms with van der Waals surface area (Å²) < 4.78 is 71.5. The summed E-state index contributed by atoms with van der Waals surface area (Å²) in [6.45, 7) is 3.84. The third kappa shape index (κ3) is 10.2. The SMILES string of the molecule is BC1CC(OP(=O)(O)OCC2OC(C)C(O)C2OP(=O)(O)O)C(COP(=O)(O)OC(CC)CC)O1. The number of ether oxygens (including phenoxy) is 2. The molecule has 2 heterocycles. The van der Waals surface area contributed by atoms with Crippen LogP contribution in [0.4, 0.5) is 0 Å². The molecule has 2 aliphatic heterocycles. The van der Waals surface area contributed by atoms with Gasteiger partial charge >= 0.3 is 23.5 Å². The maximum atomic E-state index is 12.5. The van der Waals surface area contributed by atoms with Crippen molar-refractivity contribution in [3.63, 3.8) is 0 Å². The Morgan fingerprint density at radius 1 is 0.943 bits per heavy atom. The summed E-state index contributed by atoms with van der Waals surface area (Å²) in [5.41, 5.74) is 0. The average Bonchev–Trinajstić information content (AvgIpc) is 3.21. The topological polar surface area (TPSA) is 217 Å². The Hall–Kier alpha value is 0.275. The van der Waals surface area contributed by atoms with Gasteiger partial charge in [0, 0.05) is 6.00 Å². The van der Waals surface area contributed by atoms with E-state index in [-0.39, 0.29) is 6.42 Å². The van der Waals surface area contributed by atoms with Crippen molar-refractivity contribution in [2.45, 2.75) is 88.8 Å². The van der Waals surface area contributed by atoms with E-state index in [9.17, 15) is 28.6 Å².